The maximum atomic E-state index is 4.41. The molecular weight excluding hydrogens is 354 g/mol. The van der Waals surface area contributed by atoms with E-state index in [1.165, 1.54) is 5.56 Å². The molecule has 0 aliphatic carbocycles. The van der Waals surface area contributed by atoms with Gasteiger partial charge in [-0.05, 0) is 43.2 Å². The molecule has 0 heterocycles. The van der Waals surface area contributed by atoms with Crippen LogP contribution in [0.25, 0.3) is 0 Å². The van der Waals surface area contributed by atoms with Crippen molar-refractivity contribution >= 4 is 24.3 Å². The number of benzene rings is 1. The van der Waals surface area contributed by atoms with Gasteiger partial charge in [0.15, 0.2) is 0 Å². The highest BCUT2D eigenvalue weighted by Crippen LogP contribution is 2.12. The Morgan fingerprint density at radius 1 is 0.966 bits per heavy atom. The molecule has 1 unspecified atom stereocenters. The minimum atomic E-state index is 0.259. The van der Waals surface area contributed by atoms with Crippen LogP contribution in [0.15, 0.2) is 76.7 Å². The third-order valence-corrected chi connectivity index (χ3v) is 3.33. The van der Waals surface area contributed by atoms with Gasteiger partial charge in [-0.15, -0.1) is 0 Å². The summed E-state index contributed by atoms with van der Waals surface area (Å²) in [5.74, 6) is 0.537. The molecule has 0 amide bonds. The summed E-state index contributed by atoms with van der Waals surface area (Å²) in [6, 6.07) is 8.25. The minimum absolute atomic E-state index is 0.259. The lowest BCUT2D eigenvalue weighted by Gasteiger charge is -2.08. The fraction of sp³-hybridized carbons (Fsp3) is 0.423. The minimum Gasteiger partial charge on any atom is -0.301 e. The van der Waals surface area contributed by atoms with Crippen LogP contribution in [0.1, 0.15) is 46.1 Å². The number of nitrogens with zero attached hydrogens (tertiary/aromatic N) is 3. The molecule has 0 aliphatic heterocycles. The fourth-order valence-electron chi connectivity index (χ4n) is 2.01. The number of hydrogen-bond donors (Lipinski definition) is 0. The van der Waals surface area contributed by atoms with E-state index >= 15 is 0 Å². The Morgan fingerprint density at radius 2 is 1.52 bits per heavy atom. The van der Waals surface area contributed by atoms with E-state index in [2.05, 4.69) is 74.9 Å². The van der Waals surface area contributed by atoms with Crippen LogP contribution >= 0.6 is 0 Å². The summed E-state index contributed by atoms with van der Waals surface area (Å²) in [4.78, 5) is 12.3. The molecule has 1 aromatic carbocycles. The first-order chi connectivity index (χ1) is 13.7. The van der Waals surface area contributed by atoms with Crippen molar-refractivity contribution < 1.29 is 0 Å². The van der Waals surface area contributed by atoms with Gasteiger partial charge in [-0.2, -0.15) is 0 Å². The fourth-order valence-corrected chi connectivity index (χ4v) is 2.01. The molecule has 29 heavy (non-hydrogen) atoms. The van der Waals surface area contributed by atoms with Crippen molar-refractivity contribution in [3.05, 3.63) is 67.3 Å². The quantitative estimate of drug-likeness (QED) is 0.339. The van der Waals surface area contributed by atoms with E-state index in [9.17, 15) is 0 Å². The van der Waals surface area contributed by atoms with Gasteiger partial charge in [0.25, 0.3) is 0 Å². The lowest BCUT2D eigenvalue weighted by atomic mass is 9.99. The highest BCUT2D eigenvalue weighted by atomic mass is 14.7. The SMILES string of the molecule is C=C/C=C\C=C.CN=CC(C)(C)C.CN=CC(C)CCC=Nc1ccc(C)cc1. The third kappa shape index (κ3) is 23.4. The molecular formula is C26H41N3. The predicted molar refractivity (Wildman–Crippen MR) is 136 cm³/mol. The van der Waals surface area contributed by atoms with E-state index in [1.54, 1.807) is 19.2 Å². The molecule has 3 nitrogen and oxygen atoms in total. The van der Waals surface area contributed by atoms with Gasteiger partial charge in [-0.3, -0.25) is 4.99 Å². The molecule has 0 saturated carbocycles. The van der Waals surface area contributed by atoms with Crippen LogP contribution in [-0.4, -0.2) is 32.7 Å². The number of aryl methyl sites for hydroxylation is 1. The van der Waals surface area contributed by atoms with Gasteiger partial charge in [-0.1, -0.05) is 82.9 Å². The zero-order valence-electron chi connectivity index (χ0n) is 19.6. The molecule has 1 rings (SSSR count). The molecule has 0 bridgehead atoms. The van der Waals surface area contributed by atoms with E-state index in [4.69, 9.17) is 0 Å². The van der Waals surface area contributed by atoms with Crippen LogP contribution in [-0.2, 0) is 0 Å². The molecule has 1 atom stereocenters. The number of aliphatic imine (C=N–C) groups is 3. The van der Waals surface area contributed by atoms with Crippen LogP contribution in [0.3, 0.4) is 0 Å². The molecule has 0 saturated heterocycles. The van der Waals surface area contributed by atoms with Crippen molar-refractivity contribution in [2.45, 2.75) is 47.5 Å². The second kappa shape index (κ2) is 18.8. The van der Waals surface area contributed by atoms with Crippen LogP contribution in [0.4, 0.5) is 5.69 Å². The second-order valence-corrected chi connectivity index (χ2v) is 7.72. The largest absolute Gasteiger partial charge is 0.301 e. The lowest BCUT2D eigenvalue weighted by molar-refractivity contribution is 0.606. The number of hydrogen-bond acceptors (Lipinski definition) is 3. The van der Waals surface area contributed by atoms with Crippen molar-refractivity contribution in [3.8, 4) is 0 Å². The second-order valence-electron chi connectivity index (χ2n) is 7.72. The van der Waals surface area contributed by atoms with Crippen molar-refractivity contribution in [3.63, 3.8) is 0 Å². The molecule has 1 aromatic rings. The van der Waals surface area contributed by atoms with Gasteiger partial charge in [-0.25, -0.2) is 0 Å². The van der Waals surface area contributed by atoms with Crippen molar-refractivity contribution in [1.29, 1.82) is 0 Å². The highest BCUT2D eigenvalue weighted by molar-refractivity contribution is 5.65. The van der Waals surface area contributed by atoms with Gasteiger partial charge in [0.2, 0.25) is 0 Å². The summed E-state index contributed by atoms with van der Waals surface area (Å²) < 4.78 is 0. The molecule has 0 aliphatic rings. The van der Waals surface area contributed by atoms with Crippen LogP contribution in [0.2, 0.25) is 0 Å². The van der Waals surface area contributed by atoms with E-state index in [-0.39, 0.29) is 5.41 Å². The Kier molecular flexibility index (Phi) is 18.6. The monoisotopic (exact) mass is 395 g/mol. The molecule has 0 aromatic heterocycles. The standard InChI is InChI=1S/C14H20N2.C6H13N.C6H8/c1-12-6-8-14(9-7-12)16-10-4-5-13(2)11-15-3;1-6(2,3)5-7-4;1-3-5-6-4-2/h6-11,13H,4-5H2,1-3H3;5H,1-4H3;3-6H,1-2H2/b;;6-5-. The zero-order valence-corrected chi connectivity index (χ0v) is 19.6. The average Bonchev–Trinajstić information content (AvgIpc) is 2.65. The maximum absolute atomic E-state index is 4.41. The Morgan fingerprint density at radius 3 is 1.90 bits per heavy atom. The Labute approximate surface area is 179 Å². The van der Waals surface area contributed by atoms with E-state index in [0.29, 0.717) is 5.92 Å². The summed E-state index contributed by atoms with van der Waals surface area (Å²) >= 11 is 0. The molecule has 160 valence electrons. The summed E-state index contributed by atoms with van der Waals surface area (Å²) in [6.45, 7) is 17.6. The molecule has 3 heteroatoms. The third-order valence-electron chi connectivity index (χ3n) is 3.33. The first-order valence-electron chi connectivity index (χ1n) is 10.0. The van der Waals surface area contributed by atoms with Crippen LogP contribution < -0.4 is 0 Å². The molecule has 0 radical (unpaired) electrons. The van der Waals surface area contributed by atoms with Crippen molar-refractivity contribution in [2.75, 3.05) is 14.1 Å². The molecule has 0 fully saturated rings. The van der Waals surface area contributed by atoms with Crippen LogP contribution in [0.5, 0.6) is 0 Å². The first kappa shape index (κ1) is 28.7. The summed E-state index contributed by atoms with van der Waals surface area (Å²) in [5, 5.41) is 0. The van der Waals surface area contributed by atoms with Gasteiger partial charge < -0.3 is 9.98 Å². The Balaban J connectivity index is 0. The van der Waals surface area contributed by atoms with E-state index in [0.717, 1.165) is 18.5 Å². The van der Waals surface area contributed by atoms with Gasteiger partial charge >= 0.3 is 0 Å². The van der Waals surface area contributed by atoms with Crippen molar-refractivity contribution in [2.24, 2.45) is 26.3 Å². The van der Waals surface area contributed by atoms with Gasteiger partial charge in [0.1, 0.15) is 0 Å². The van der Waals surface area contributed by atoms with Gasteiger partial charge in [0.05, 0.1) is 5.69 Å². The smallest absolute Gasteiger partial charge is 0.0625 e. The summed E-state index contributed by atoms with van der Waals surface area (Å²) in [6.07, 6.45) is 15.1. The maximum Gasteiger partial charge on any atom is 0.0625 e. The first-order valence-corrected chi connectivity index (χ1v) is 10.0. The van der Waals surface area contributed by atoms with Gasteiger partial charge in [0, 0.05) is 32.7 Å². The normalized spacial score (nSPS) is 12.5. The summed E-state index contributed by atoms with van der Waals surface area (Å²) in [7, 11) is 3.61. The Bertz CT molecular complexity index is 632. The average molecular weight is 396 g/mol. The molecule has 0 spiro atoms. The highest BCUT2D eigenvalue weighted by Gasteiger charge is 2.02. The summed E-state index contributed by atoms with van der Waals surface area (Å²) in [5.41, 5.74) is 2.56. The van der Waals surface area contributed by atoms with Crippen LogP contribution in [0, 0.1) is 18.3 Å². The van der Waals surface area contributed by atoms with E-state index in [1.807, 2.05) is 50.0 Å². The lowest BCUT2D eigenvalue weighted by Crippen LogP contribution is -2.05. The topological polar surface area (TPSA) is 37.1 Å². The van der Waals surface area contributed by atoms with Crippen molar-refractivity contribution in [1.82, 2.24) is 0 Å². The van der Waals surface area contributed by atoms with E-state index < -0.39 is 0 Å². The predicted octanol–water partition coefficient (Wildman–Crippen LogP) is 7.46. The number of rotatable bonds is 7. The molecule has 0 N–H and O–H groups in total. The Hall–Kier alpha value is -2.55. The number of allylic oxidation sites excluding steroid dienone is 4. The zero-order chi connectivity index (χ0) is 22.5.